The molecule has 0 saturated heterocycles. The van der Waals surface area contributed by atoms with Crippen LogP contribution >= 0.6 is 0 Å². The third-order valence-corrected chi connectivity index (χ3v) is 4.00. The summed E-state index contributed by atoms with van der Waals surface area (Å²) in [6.45, 7) is 0.888. The highest BCUT2D eigenvalue weighted by Gasteiger charge is 2.14. The van der Waals surface area contributed by atoms with Crippen molar-refractivity contribution in [1.82, 2.24) is 4.90 Å². The first-order valence-electron chi connectivity index (χ1n) is 8.43. The average Bonchev–Trinajstić information content (AvgIpc) is 2.61. The number of nitrogens with two attached hydrogens (primary N) is 1. The highest BCUT2D eigenvalue weighted by molar-refractivity contribution is 5.76. The van der Waals surface area contributed by atoms with Gasteiger partial charge in [-0.05, 0) is 23.6 Å². The maximum Gasteiger partial charge on any atom is 0.222 e. The molecule has 2 rings (SSSR count). The van der Waals surface area contributed by atoms with Gasteiger partial charge in [0.15, 0.2) is 0 Å². The lowest BCUT2D eigenvalue weighted by atomic mass is 10.1. The van der Waals surface area contributed by atoms with Crippen LogP contribution in [-0.2, 0) is 22.6 Å². The van der Waals surface area contributed by atoms with Gasteiger partial charge in [0, 0.05) is 25.7 Å². The molecular formula is C20H26N2O3. The van der Waals surface area contributed by atoms with Crippen molar-refractivity contribution < 1.29 is 14.6 Å². The molecule has 0 fully saturated rings. The first kappa shape index (κ1) is 19.0. The Labute approximate surface area is 149 Å². The number of hydrogen-bond donors (Lipinski definition) is 2. The predicted octanol–water partition coefficient (Wildman–Crippen LogP) is 2.24. The van der Waals surface area contributed by atoms with E-state index in [9.17, 15) is 9.90 Å². The number of carbonyl (C=O) groups excluding carboxylic acids is 1. The largest absolute Gasteiger partial charge is 0.399 e. The molecule has 0 aliphatic heterocycles. The number of likely N-dealkylation sites (N-methyl/N-ethyl adjacent to an activating group) is 1. The predicted molar refractivity (Wildman–Crippen MR) is 98.9 cm³/mol. The van der Waals surface area contributed by atoms with Crippen molar-refractivity contribution in [1.29, 1.82) is 0 Å². The molecule has 25 heavy (non-hydrogen) atoms. The lowest BCUT2D eigenvalue weighted by Crippen LogP contribution is -2.36. The van der Waals surface area contributed by atoms with Crippen LogP contribution in [0.2, 0.25) is 0 Å². The highest BCUT2D eigenvalue weighted by atomic mass is 16.5. The van der Waals surface area contributed by atoms with Gasteiger partial charge in [-0.15, -0.1) is 0 Å². The van der Waals surface area contributed by atoms with Crippen molar-refractivity contribution >= 4 is 11.6 Å². The molecule has 3 N–H and O–H groups in total. The molecule has 0 heterocycles. The van der Waals surface area contributed by atoms with Crippen molar-refractivity contribution in [3.63, 3.8) is 0 Å². The lowest BCUT2D eigenvalue weighted by molar-refractivity contribution is -0.131. The molecular weight excluding hydrogens is 316 g/mol. The van der Waals surface area contributed by atoms with Gasteiger partial charge in [-0.2, -0.15) is 0 Å². The number of carbonyl (C=O) groups is 1. The third-order valence-electron chi connectivity index (χ3n) is 4.00. The molecule has 2 aromatic carbocycles. The highest BCUT2D eigenvalue weighted by Crippen LogP contribution is 2.13. The number of anilines is 1. The van der Waals surface area contributed by atoms with Crippen molar-refractivity contribution in [2.24, 2.45) is 0 Å². The molecule has 1 atom stereocenters. The number of rotatable bonds is 9. The molecule has 0 aromatic heterocycles. The number of nitrogens with zero attached hydrogens (tertiary/aromatic N) is 1. The zero-order chi connectivity index (χ0) is 18.1. The van der Waals surface area contributed by atoms with Crippen LogP contribution in [0.1, 0.15) is 17.5 Å². The summed E-state index contributed by atoms with van der Waals surface area (Å²) in [4.78, 5) is 13.7. The Balaban J connectivity index is 1.68. The van der Waals surface area contributed by atoms with Crippen LogP contribution in [0.5, 0.6) is 0 Å². The van der Waals surface area contributed by atoms with Gasteiger partial charge in [-0.3, -0.25) is 4.79 Å². The van der Waals surface area contributed by atoms with Gasteiger partial charge < -0.3 is 20.5 Å². The summed E-state index contributed by atoms with van der Waals surface area (Å²) >= 11 is 0. The number of nitrogen functional groups attached to an aromatic ring is 1. The standard InChI is InChI=1S/C20H26N2O3/c1-22(20(24)12-11-17-9-5-6-10-19(17)21)13-18(23)15-25-14-16-7-3-2-4-8-16/h2-10,18,23H,11-15,21H2,1H3. The van der Waals surface area contributed by atoms with Crippen molar-refractivity contribution in [3.8, 4) is 0 Å². The van der Waals surface area contributed by atoms with Crippen LogP contribution in [0, 0.1) is 0 Å². The Hall–Kier alpha value is -2.37. The number of aliphatic hydroxyl groups excluding tert-OH is 1. The summed E-state index contributed by atoms with van der Waals surface area (Å²) in [5, 5.41) is 10.0. The van der Waals surface area contributed by atoms with Gasteiger partial charge in [0.25, 0.3) is 0 Å². The maximum atomic E-state index is 12.2. The van der Waals surface area contributed by atoms with E-state index in [2.05, 4.69) is 0 Å². The molecule has 2 aromatic rings. The van der Waals surface area contributed by atoms with Gasteiger partial charge in [-0.1, -0.05) is 48.5 Å². The van der Waals surface area contributed by atoms with Crippen LogP contribution in [-0.4, -0.2) is 42.2 Å². The number of aryl methyl sites for hydroxylation is 1. The summed E-state index contributed by atoms with van der Waals surface area (Å²) < 4.78 is 5.50. The summed E-state index contributed by atoms with van der Waals surface area (Å²) in [5.74, 6) is -0.0228. The van der Waals surface area contributed by atoms with Crippen molar-refractivity contribution in [2.75, 3.05) is 25.9 Å². The minimum Gasteiger partial charge on any atom is -0.399 e. The number of amides is 1. The molecule has 0 radical (unpaired) electrons. The van der Waals surface area contributed by atoms with E-state index in [0.29, 0.717) is 25.1 Å². The molecule has 1 unspecified atom stereocenters. The Morgan fingerprint density at radius 3 is 2.56 bits per heavy atom. The second-order valence-corrected chi connectivity index (χ2v) is 6.13. The molecule has 0 aliphatic rings. The van der Waals surface area contributed by atoms with E-state index in [4.69, 9.17) is 10.5 Å². The fourth-order valence-electron chi connectivity index (χ4n) is 2.55. The third kappa shape index (κ3) is 6.57. The Kier molecular flexibility index (Phi) is 7.44. The molecule has 1 amide bonds. The molecule has 0 bridgehead atoms. The smallest absolute Gasteiger partial charge is 0.222 e. The fraction of sp³-hybridized carbons (Fsp3) is 0.350. The zero-order valence-corrected chi connectivity index (χ0v) is 14.6. The Morgan fingerprint density at radius 2 is 1.84 bits per heavy atom. The molecule has 0 aliphatic carbocycles. The minimum atomic E-state index is -0.709. The summed E-state index contributed by atoms with van der Waals surface area (Å²) in [7, 11) is 1.69. The van der Waals surface area contributed by atoms with E-state index in [1.165, 1.54) is 4.90 Å². The number of para-hydroxylation sites is 1. The number of aliphatic hydroxyl groups is 1. The van der Waals surface area contributed by atoms with Gasteiger partial charge in [0.2, 0.25) is 5.91 Å². The summed E-state index contributed by atoms with van der Waals surface area (Å²) in [6, 6.07) is 17.3. The van der Waals surface area contributed by atoms with E-state index < -0.39 is 6.10 Å². The van der Waals surface area contributed by atoms with Crippen molar-refractivity contribution in [3.05, 3.63) is 65.7 Å². The van der Waals surface area contributed by atoms with Crippen LogP contribution in [0.4, 0.5) is 5.69 Å². The number of hydrogen-bond acceptors (Lipinski definition) is 4. The van der Waals surface area contributed by atoms with Gasteiger partial charge in [0.1, 0.15) is 0 Å². The normalized spacial score (nSPS) is 11.9. The number of ether oxygens (including phenoxy) is 1. The fourth-order valence-corrected chi connectivity index (χ4v) is 2.55. The molecule has 134 valence electrons. The number of benzene rings is 2. The topological polar surface area (TPSA) is 75.8 Å². The van der Waals surface area contributed by atoms with Crippen LogP contribution in [0.15, 0.2) is 54.6 Å². The van der Waals surface area contributed by atoms with Gasteiger partial charge >= 0.3 is 0 Å². The summed E-state index contributed by atoms with van der Waals surface area (Å²) in [6.07, 6.45) is 0.248. The van der Waals surface area contributed by atoms with Crippen molar-refractivity contribution in [2.45, 2.75) is 25.6 Å². The van der Waals surface area contributed by atoms with E-state index in [1.807, 2.05) is 54.6 Å². The van der Waals surface area contributed by atoms with E-state index >= 15 is 0 Å². The SMILES string of the molecule is CN(CC(O)COCc1ccccc1)C(=O)CCc1ccccc1N. The van der Waals surface area contributed by atoms with Crippen LogP contribution in [0.25, 0.3) is 0 Å². The van der Waals surface area contributed by atoms with Gasteiger partial charge in [-0.25, -0.2) is 0 Å². The van der Waals surface area contributed by atoms with Crippen LogP contribution in [0.3, 0.4) is 0 Å². The zero-order valence-electron chi connectivity index (χ0n) is 14.6. The second-order valence-electron chi connectivity index (χ2n) is 6.13. The quantitative estimate of drug-likeness (QED) is 0.685. The molecule has 0 spiro atoms. The molecule has 5 nitrogen and oxygen atoms in total. The average molecular weight is 342 g/mol. The summed E-state index contributed by atoms with van der Waals surface area (Å²) in [5.41, 5.74) is 8.61. The van der Waals surface area contributed by atoms with E-state index in [0.717, 1.165) is 11.1 Å². The molecule has 0 saturated carbocycles. The van der Waals surface area contributed by atoms with E-state index in [1.54, 1.807) is 7.05 Å². The first-order valence-corrected chi connectivity index (χ1v) is 8.43. The maximum absolute atomic E-state index is 12.2. The van der Waals surface area contributed by atoms with Crippen LogP contribution < -0.4 is 5.73 Å². The second kappa shape index (κ2) is 9.81. The molecule has 5 heteroatoms. The lowest BCUT2D eigenvalue weighted by Gasteiger charge is -2.21. The Bertz CT molecular complexity index is 661. The first-order chi connectivity index (χ1) is 12.1. The minimum absolute atomic E-state index is 0.0228. The monoisotopic (exact) mass is 342 g/mol. The Morgan fingerprint density at radius 1 is 1.16 bits per heavy atom. The van der Waals surface area contributed by atoms with E-state index in [-0.39, 0.29) is 19.1 Å². The van der Waals surface area contributed by atoms with Gasteiger partial charge in [0.05, 0.1) is 19.3 Å².